The molecule has 2 amide bonds. The minimum Gasteiger partial charge on any atom is -0.484 e. The van der Waals surface area contributed by atoms with Gasteiger partial charge in [-0.3, -0.25) is 14.6 Å². The minimum absolute atomic E-state index is 0.151. The van der Waals surface area contributed by atoms with E-state index in [0.717, 1.165) is 24.3 Å². The van der Waals surface area contributed by atoms with Crippen molar-refractivity contribution in [1.82, 2.24) is 4.98 Å². The first-order chi connectivity index (χ1) is 22.0. The number of ether oxygens (including phenoxy) is 3. The largest absolute Gasteiger partial charge is 0.484 e. The number of hydrogen-bond donors (Lipinski definition) is 1. The summed E-state index contributed by atoms with van der Waals surface area (Å²) in [6.45, 7) is -0.459. The number of rotatable bonds is 11. The normalized spacial score (nSPS) is 14.6. The molecule has 46 heavy (non-hydrogen) atoms. The highest BCUT2D eigenvalue weighted by molar-refractivity contribution is 7.93. The van der Waals surface area contributed by atoms with Crippen LogP contribution in [0.2, 0.25) is 0 Å². The highest BCUT2D eigenvalue weighted by Crippen LogP contribution is 2.37. The maximum absolute atomic E-state index is 14.2. The molecular weight excluding hydrogens is 634 g/mol. The Balaban J connectivity index is 1.53. The second kappa shape index (κ2) is 14.0. The molecule has 5 rings (SSSR count). The van der Waals surface area contributed by atoms with Crippen LogP contribution in [0, 0.1) is 11.6 Å². The van der Waals surface area contributed by atoms with Gasteiger partial charge in [-0.25, -0.2) is 26.0 Å². The van der Waals surface area contributed by atoms with Crippen molar-refractivity contribution in [1.29, 1.82) is 0 Å². The number of amides is 2. The van der Waals surface area contributed by atoms with E-state index in [1.807, 2.05) is 0 Å². The summed E-state index contributed by atoms with van der Waals surface area (Å²) in [7, 11) is -4.93. The van der Waals surface area contributed by atoms with Crippen LogP contribution in [-0.4, -0.2) is 57.6 Å². The first-order valence-corrected chi connectivity index (χ1v) is 15.1. The molecule has 3 aromatic carbocycles. The van der Waals surface area contributed by atoms with Crippen molar-refractivity contribution in [3.63, 3.8) is 0 Å². The number of halogens is 4. The monoisotopic (exact) mass is 659 g/mol. The molecule has 0 aliphatic carbocycles. The number of alkyl halides is 2. The Hall–Kier alpha value is -5.02. The number of benzene rings is 3. The van der Waals surface area contributed by atoms with Crippen LogP contribution < -0.4 is 19.1 Å². The number of aromatic nitrogens is 1. The molecule has 0 unspecified atom stereocenters. The van der Waals surface area contributed by atoms with Crippen molar-refractivity contribution in [2.24, 2.45) is 0 Å². The Labute approximate surface area is 260 Å². The maximum Gasteiger partial charge on any atom is 0.272 e. The van der Waals surface area contributed by atoms with Gasteiger partial charge in [0.2, 0.25) is 0 Å². The van der Waals surface area contributed by atoms with E-state index in [4.69, 9.17) is 14.2 Å². The molecule has 4 aromatic rings. The van der Waals surface area contributed by atoms with E-state index < -0.39 is 57.5 Å². The molecular formula is C31H25F4N3O7S. The SMILES string of the molecule is O=C(Nc1ccc(C(=O)N(c2ccc(OCC(F)F)c(O[C@@H]3CCOC3)c2)S(=O)(=O)c2ccc(F)c(F)c2)cc1)c1cccnc1. The predicted molar refractivity (Wildman–Crippen MR) is 157 cm³/mol. The van der Waals surface area contributed by atoms with Gasteiger partial charge in [-0.1, -0.05) is 0 Å². The molecule has 1 aromatic heterocycles. The number of nitrogens with zero attached hydrogens (tertiary/aromatic N) is 2. The molecule has 1 saturated heterocycles. The van der Waals surface area contributed by atoms with Gasteiger partial charge in [-0.05, 0) is 66.7 Å². The first kappa shape index (κ1) is 32.4. The van der Waals surface area contributed by atoms with E-state index in [9.17, 15) is 35.6 Å². The fourth-order valence-electron chi connectivity index (χ4n) is 4.39. The minimum atomic E-state index is -4.93. The summed E-state index contributed by atoms with van der Waals surface area (Å²) in [5.74, 6) is -4.68. The number of sulfonamides is 1. The van der Waals surface area contributed by atoms with Gasteiger partial charge in [-0.15, -0.1) is 0 Å². The number of carbonyl (C=O) groups excluding carboxylic acids is 2. The van der Waals surface area contributed by atoms with Crippen molar-refractivity contribution in [2.45, 2.75) is 23.8 Å². The zero-order chi connectivity index (χ0) is 32.8. The lowest BCUT2D eigenvalue weighted by atomic mass is 10.1. The summed E-state index contributed by atoms with van der Waals surface area (Å²) < 4.78 is 98.3. The van der Waals surface area contributed by atoms with Gasteiger partial charge in [0, 0.05) is 36.1 Å². The van der Waals surface area contributed by atoms with Crippen LogP contribution in [0.15, 0.2) is 90.1 Å². The van der Waals surface area contributed by atoms with Crippen LogP contribution in [0.1, 0.15) is 27.1 Å². The van der Waals surface area contributed by atoms with E-state index in [2.05, 4.69) is 10.3 Å². The van der Waals surface area contributed by atoms with Crippen LogP contribution in [0.25, 0.3) is 0 Å². The van der Waals surface area contributed by atoms with Gasteiger partial charge in [-0.2, -0.15) is 4.31 Å². The lowest BCUT2D eigenvalue weighted by molar-refractivity contribution is 0.0777. The highest BCUT2D eigenvalue weighted by Gasteiger charge is 2.34. The standard InChI is InChI=1S/C31H25F4N3O7S/c32-25-9-8-24(15-26(25)33)46(41,42)38(22-7-10-27(44-18-29(34)35)28(14-22)45-23-11-13-43-17-23)31(40)19-3-5-21(6-4-19)37-30(39)20-2-1-12-36-16-20/h1-10,12,14-16,23,29H,11,13,17-18H2,(H,37,39)/t23-/m1/s1. The molecule has 0 bridgehead atoms. The Morgan fingerprint density at radius 2 is 1.76 bits per heavy atom. The maximum atomic E-state index is 14.2. The summed E-state index contributed by atoms with van der Waals surface area (Å²) >= 11 is 0. The smallest absolute Gasteiger partial charge is 0.272 e. The fourth-order valence-corrected chi connectivity index (χ4v) is 5.81. The molecule has 0 radical (unpaired) electrons. The van der Waals surface area contributed by atoms with E-state index in [0.29, 0.717) is 29.5 Å². The topological polar surface area (TPSA) is 124 Å². The molecule has 1 aliphatic heterocycles. The summed E-state index contributed by atoms with van der Waals surface area (Å²) in [5.41, 5.74) is 0.0576. The van der Waals surface area contributed by atoms with Gasteiger partial charge < -0.3 is 19.5 Å². The lowest BCUT2D eigenvalue weighted by Gasteiger charge is -2.25. The lowest BCUT2D eigenvalue weighted by Crippen LogP contribution is -2.37. The molecule has 0 spiro atoms. The molecule has 240 valence electrons. The fraction of sp³-hybridized carbons (Fsp3) is 0.194. The van der Waals surface area contributed by atoms with Crippen molar-refractivity contribution in [2.75, 3.05) is 29.4 Å². The third-order valence-electron chi connectivity index (χ3n) is 6.64. The Morgan fingerprint density at radius 3 is 2.41 bits per heavy atom. The van der Waals surface area contributed by atoms with Gasteiger partial charge in [0.1, 0.15) is 12.7 Å². The molecule has 1 fully saturated rings. The number of carbonyl (C=O) groups is 2. The quantitative estimate of drug-likeness (QED) is 0.211. The number of nitrogens with one attached hydrogen (secondary N) is 1. The number of anilines is 2. The number of hydrogen-bond acceptors (Lipinski definition) is 8. The highest BCUT2D eigenvalue weighted by atomic mass is 32.2. The van der Waals surface area contributed by atoms with Crippen LogP contribution in [0.5, 0.6) is 11.5 Å². The van der Waals surface area contributed by atoms with E-state index in [-0.39, 0.29) is 40.6 Å². The second-order valence-electron chi connectivity index (χ2n) is 9.86. The van der Waals surface area contributed by atoms with Crippen molar-refractivity contribution in [3.05, 3.63) is 108 Å². The average molecular weight is 660 g/mol. The Morgan fingerprint density at radius 1 is 0.978 bits per heavy atom. The zero-order valence-corrected chi connectivity index (χ0v) is 24.6. The molecule has 15 heteroatoms. The third-order valence-corrected chi connectivity index (χ3v) is 8.34. The summed E-state index contributed by atoms with van der Waals surface area (Å²) in [4.78, 5) is 29.6. The van der Waals surface area contributed by atoms with Gasteiger partial charge >= 0.3 is 0 Å². The van der Waals surface area contributed by atoms with Crippen LogP contribution in [0.3, 0.4) is 0 Å². The predicted octanol–water partition coefficient (Wildman–Crippen LogP) is 5.46. The molecule has 0 saturated carbocycles. The average Bonchev–Trinajstić information content (AvgIpc) is 3.55. The van der Waals surface area contributed by atoms with Crippen molar-refractivity contribution in [3.8, 4) is 11.5 Å². The Bertz CT molecular complexity index is 1820. The summed E-state index contributed by atoms with van der Waals surface area (Å²) in [6, 6.07) is 13.5. The molecule has 1 N–H and O–H groups in total. The van der Waals surface area contributed by atoms with Gasteiger partial charge in [0.05, 0.1) is 29.4 Å². The van der Waals surface area contributed by atoms with Crippen LogP contribution in [0.4, 0.5) is 28.9 Å². The van der Waals surface area contributed by atoms with Crippen molar-refractivity contribution < 1.29 is 49.8 Å². The van der Waals surface area contributed by atoms with E-state index in [1.165, 1.54) is 36.7 Å². The van der Waals surface area contributed by atoms with Crippen LogP contribution in [-0.2, 0) is 14.8 Å². The molecule has 10 nitrogen and oxygen atoms in total. The number of pyridine rings is 1. The molecule has 2 heterocycles. The first-order valence-electron chi connectivity index (χ1n) is 13.7. The van der Waals surface area contributed by atoms with Crippen molar-refractivity contribution >= 4 is 33.2 Å². The van der Waals surface area contributed by atoms with Crippen LogP contribution >= 0.6 is 0 Å². The summed E-state index contributed by atoms with van der Waals surface area (Å²) in [6.07, 6.45) is -0.0513. The van der Waals surface area contributed by atoms with Gasteiger partial charge in [0.25, 0.3) is 28.3 Å². The zero-order valence-electron chi connectivity index (χ0n) is 23.7. The summed E-state index contributed by atoms with van der Waals surface area (Å²) in [5, 5.41) is 2.63. The van der Waals surface area contributed by atoms with Gasteiger partial charge in [0.15, 0.2) is 23.1 Å². The Kier molecular flexibility index (Phi) is 9.82. The van der Waals surface area contributed by atoms with E-state index in [1.54, 1.807) is 12.1 Å². The van der Waals surface area contributed by atoms with E-state index >= 15 is 0 Å². The molecule has 1 aliphatic rings. The molecule has 1 atom stereocenters. The second-order valence-corrected chi connectivity index (χ2v) is 11.6. The third kappa shape index (κ3) is 7.43.